The Balaban J connectivity index is 1.33. The number of anilines is 1. The van der Waals surface area contributed by atoms with E-state index in [0.717, 1.165) is 35.0 Å². The number of nitrogens with zero attached hydrogens (tertiary/aromatic N) is 3. The summed E-state index contributed by atoms with van der Waals surface area (Å²) < 4.78 is 1.52. The van der Waals surface area contributed by atoms with Crippen molar-refractivity contribution >= 4 is 22.9 Å². The predicted octanol–water partition coefficient (Wildman–Crippen LogP) is 3.86. The summed E-state index contributed by atoms with van der Waals surface area (Å²) in [6, 6.07) is 25.3. The van der Waals surface area contributed by atoms with Crippen LogP contribution in [0.3, 0.4) is 0 Å². The van der Waals surface area contributed by atoms with E-state index in [1.165, 1.54) is 10.1 Å². The van der Waals surface area contributed by atoms with Gasteiger partial charge in [-0.25, -0.2) is 4.98 Å². The second-order valence-electron chi connectivity index (χ2n) is 8.94. The largest absolute Gasteiger partial charge is 0.369 e. The molecule has 0 aliphatic carbocycles. The number of amides is 1. The normalized spacial score (nSPS) is 11.0. The number of imidazole rings is 1. The Morgan fingerprint density at radius 3 is 2.49 bits per heavy atom. The fourth-order valence-corrected chi connectivity index (χ4v) is 4.39. The number of fused-ring (bicyclic) bond motifs is 1. The number of rotatable bonds is 9. The molecule has 0 saturated heterocycles. The van der Waals surface area contributed by atoms with Crippen molar-refractivity contribution in [2.24, 2.45) is 0 Å². The highest BCUT2D eigenvalue weighted by Crippen LogP contribution is 2.18. The predicted molar refractivity (Wildman–Crippen MR) is 145 cm³/mol. The van der Waals surface area contributed by atoms with E-state index in [2.05, 4.69) is 32.4 Å². The molecule has 0 saturated carbocycles. The number of nitrogens with one attached hydrogen (secondary N) is 2. The lowest BCUT2D eigenvalue weighted by Gasteiger charge is -2.14. The average Bonchev–Trinajstić information content (AvgIpc) is 3.30. The number of carbonyl (C=O) groups is 1. The van der Waals surface area contributed by atoms with Crippen LogP contribution >= 0.6 is 0 Å². The van der Waals surface area contributed by atoms with Crippen molar-refractivity contribution in [3.05, 3.63) is 112 Å². The Labute approximate surface area is 214 Å². The minimum absolute atomic E-state index is 0.101. The molecule has 0 spiro atoms. The van der Waals surface area contributed by atoms with Crippen LogP contribution in [0.25, 0.3) is 22.3 Å². The van der Waals surface area contributed by atoms with Crippen molar-refractivity contribution in [2.75, 3.05) is 5.73 Å². The molecule has 5 aromatic rings. The van der Waals surface area contributed by atoms with Gasteiger partial charge in [0.15, 0.2) is 5.95 Å². The van der Waals surface area contributed by atoms with E-state index in [0.29, 0.717) is 30.3 Å². The van der Waals surface area contributed by atoms with Crippen molar-refractivity contribution in [3.63, 3.8) is 0 Å². The number of hydrogen-bond acceptors (Lipinski definition) is 5. The molecular weight excluding hydrogens is 464 g/mol. The highest BCUT2D eigenvalue weighted by Gasteiger charge is 2.15. The van der Waals surface area contributed by atoms with Gasteiger partial charge in [0.1, 0.15) is 12.2 Å². The van der Waals surface area contributed by atoms with Crippen LogP contribution < -0.4 is 16.6 Å². The maximum atomic E-state index is 13.5. The Morgan fingerprint density at radius 1 is 0.946 bits per heavy atom. The van der Waals surface area contributed by atoms with Gasteiger partial charge in [0.2, 0.25) is 5.91 Å². The summed E-state index contributed by atoms with van der Waals surface area (Å²) in [6.45, 7) is 0.217. The molecule has 5 rings (SSSR count). The summed E-state index contributed by atoms with van der Waals surface area (Å²) in [5.41, 5.74) is 11.1. The SMILES string of the molecule is Nc1nc2ccc(CNC(=O)Cn3c(-c4ccccc4)cnc(CCCc4ccccc4)c3=O)cc2[nH]1. The highest BCUT2D eigenvalue weighted by atomic mass is 16.2. The van der Waals surface area contributed by atoms with E-state index in [1.54, 1.807) is 6.20 Å². The first-order chi connectivity index (χ1) is 18.1. The third-order valence-corrected chi connectivity index (χ3v) is 6.27. The van der Waals surface area contributed by atoms with Crippen LogP contribution in [0.15, 0.2) is 89.9 Å². The molecule has 0 bridgehead atoms. The topological polar surface area (TPSA) is 119 Å². The van der Waals surface area contributed by atoms with E-state index in [9.17, 15) is 9.59 Å². The molecule has 0 atom stereocenters. The number of H-pyrrole nitrogens is 1. The molecular formula is C29H28N6O2. The lowest BCUT2D eigenvalue weighted by Crippen LogP contribution is -2.34. The second kappa shape index (κ2) is 10.9. The zero-order valence-corrected chi connectivity index (χ0v) is 20.4. The van der Waals surface area contributed by atoms with Gasteiger partial charge in [-0.2, -0.15) is 0 Å². The zero-order valence-electron chi connectivity index (χ0n) is 20.4. The molecule has 0 fully saturated rings. The van der Waals surface area contributed by atoms with Gasteiger partial charge in [-0.15, -0.1) is 0 Å². The monoisotopic (exact) mass is 492 g/mol. The lowest BCUT2D eigenvalue weighted by atomic mass is 10.1. The molecule has 0 aliphatic heterocycles. The number of aromatic nitrogens is 4. The van der Waals surface area contributed by atoms with Gasteiger partial charge in [-0.1, -0.05) is 66.7 Å². The number of hydrogen-bond donors (Lipinski definition) is 3. The Morgan fingerprint density at radius 2 is 1.70 bits per heavy atom. The first kappa shape index (κ1) is 24.0. The minimum atomic E-state index is -0.259. The lowest BCUT2D eigenvalue weighted by molar-refractivity contribution is -0.121. The van der Waals surface area contributed by atoms with Crippen molar-refractivity contribution in [1.82, 2.24) is 24.8 Å². The summed E-state index contributed by atoms with van der Waals surface area (Å²) in [6.07, 6.45) is 3.88. The average molecular weight is 493 g/mol. The molecule has 3 aromatic carbocycles. The molecule has 37 heavy (non-hydrogen) atoms. The van der Waals surface area contributed by atoms with Crippen molar-refractivity contribution < 1.29 is 4.79 Å². The third-order valence-electron chi connectivity index (χ3n) is 6.27. The summed E-state index contributed by atoms with van der Waals surface area (Å²) in [5, 5.41) is 2.92. The van der Waals surface area contributed by atoms with Gasteiger partial charge in [0.05, 0.1) is 22.9 Å². The van der Waals surface area contributed by atoms with Crippen LogP contribution in [0.1, 0.15) is 23.2 Å². The summed E-state index contributed by atoms with van der Waals surface area (Å²) in [7, 11) is 0. The smallest absolute Gasteiger partial charge is 0.273 e. The number of benzene rings is 3. The van der Waals surface area contributed by atoms with Crippen LogP contribution in [-0.2, 0) is 30.7 Å². The number of aromatic amines is 1. The van der Waals surface area contributed by atoms with Crippen molar-refractivity contribution in [3.8, 4) is 11.3 Å². The standard InChI is InChI=1S/C29H28N6O2/c30-29-33-23-15-14-21(16-25(23)34-29)17-32-27(36)19-35-26(22-11-5-2-6-12-22)18-31-24(28(35)37)13-7-10-20-8-3-1-4-9-20/h1-6,8-9,11-12,14-16,18H,7,10,13,17,19H2,(H,32,36)(H3,30,33,34). The number of nitrogens with two attached hydrogens (primary N) is 1. The van der Waals surface area contributed by atoms with Gasteiger partial charge in [-0.3, -0.25) is 19.1 Å². The zero-order chi connectivity index (χ0) is 25.6. The highest BCUT2D eigenvalue weighted by molar-refractivity contribution is 5.79. The fraction of sp³-hybridized carbons (Fsp3) is 0.172. The molecule has 2 heterocycles. The Kier molecular flexibility index (Phi) is 7.07. The van der Waals surface area contributed by atoms with Gasteiger partial charge in [0.25, 0.3) is 5.56 Å². The quantitative estimate of drug-likeness (QED) is 0.289. The Bertz CT molecular complexity index is 1580. The molecule has 186 valence electrons. The van der Waals surface area contributed by atoms with E-state index in [4.69, 9.17) is 5.73 Å². The minimum Gasteiger partial charge on any atom is -0.369 e. The number of nitrogen functional groups attached to an aromatic ring is 1. The fourth-order valence-electron chi connectivity index (χ4n) is 4.39. The molecule has 0 aliphatic rings. The van der Waals surface area contributed by atoms with Crippen molar-refractivity contribution in [1.29, 1.82) is 0 Å². The molecule has 2 aromatic heterocycles. The van der Waals surface area contributed by atoms with Crippen LogP contribution in [-0.4, -0.2) is 25.4 Å². The van der Waals surface area contributed by atoms with E-state index in [-0.39, 0.29) is 18.0 Å². The second-order valence-corrected chi connectivity index (χ2v) is 8.94. The van der Waals surface area contributed by atoms with Gasteiger partial charge >= 0.3 is 0 Å². The van der Waals surface area contributed by atoms with Crippen LogP contribution in [0, 0.1) is 0 Å². The van der Waals surface area contributed by atoms with Crippen molar-refractivity contribution in [2.45, 2.75) is 32.4 Å². The first-order valence-corrected chi connectivity index (χ1v) is 12.3. The maximum absolute atomic E-state index is 13.5. The van der Waals surface area contributed by atoms with E-state index < -0.39 is 0 Å². The summed E-state index contributed by atoms with van der Waals surface area (Å²) in [5.74, 6) is 0.0891. The molecule has 0 unspecified atom stereocenters. The van der Waals surface area contributed by atoms with Crippen LogP contribution in [0.2, 0.25) is 0 Å². The molecule has 4 N–H and O–H groups in total. The molecule has 0 radical (unpaired) electrons. The van der Waals surface area contributed by atoms with E-state index >= 15 is 0 Å². The number of aryl methyl sites for hydroxylation is 2. The first-order valence-electron chi connectivity index (χ1n) is 12.3. The van der Waals surface area contributed by atoms with Gasteiger partial charge in [0, 0.05) is 6.54 Å². The molecule has 8 heteroatoms. The maximum Gasteiger partial charge on any atom is 0.273 e. The van der Waals surface area contributed by atoms with Gasteiger partial charge in [-0.05, 0) is 48.1 Å². The third kappa shape index (κ3) is 5.75. The summed E-state index contributed by atoms with van der Waals surface area (Å²) in [4.78, 5) is 38.1. The Hall–Kier alpha value is -4.72. The van der Waals surface area contributed by atoms with E-state index in [1.807, 2.05) is 66.7 Å². The summed E-state index contributed by atoms with van der Waals surface area (Å²) >= 11 is 0. The van der Waals surface area contributed by atoms with Gasteiger partial charge < -0.3 is 16.0 Å². The molecule has 1 amide bonds. The molecule has 8 nitrogen and oxygen atoms in total. The van der Waals surface area contributed by atoms with Crippen LogP contribution in [0.5, 0.6) is 0 Å². The number of carbonyl (C=O) groups excluding carboxylic acids is 1. The van der Waals surface area contributed by atoms with Crippen LogP contribution in [0.4, 0.5) is 5.95 Å².